The SMILES string of the molecule is CCC1CCCCC(C)CCCC1C. The van der Waals surface area contributed by atoms with Gasteiger partial charge in [-0.2, -0.15) is 0 Å². The van der Waals surface area contributed by atoms with Crippen LogP contribution in [0.25, 0.3) is 0 Å². The van der Waals surface area contributed by atoms with Crippen LogP contribution in [0.2, 0.25) is 0 Å². The zero-order chi connectivity index (χ0) is 10.4. The lowest BCUT2D eigenvalue weighted by atomic mass is 9.81. The first kappa shape index (κ1) is 12.1. The molecule has 0 saturated heterocycles. The van der Waals surface area contributed by atoms with Gasteiger partial charge in [-0.1, -0.05) is 72.1 Å². The molecule has 1 aliphatic carbocycles. The molecule has 0 bridgehead atoms. The van der Waals surface area contributed by atoms with E-state index in [1.807, 2.05) is 0 Å². The summed E-state index contributed by atoms with van der Waals surface area (Å²) in [4.78, 5) is 0. The fourth-order valence-corrected chi connectivity index (χ4v) is 2.96. The Balaban J connectivity index is 2.38. The Labute approximate surface area is 90.5 Å². The summed E-state index contributed by atoms with van der Waals surface area (Å²) >= 11 is 0. The van der Waals surface area contributed by atoms with E-state index in [1.165, 1.54) is 51.4 Å². The molecule has 1 rings (SSSR count). The van der Waals surface area contributed by atoms with Gasteiger partial charge in [-0.05, 0) is 17.8 Å². The van der Waals surface area contributed by atoms with E-state index < -0.39 is 0 Å². The van der Waals surface area contributed by atoms with Crippen LogP contribution in [-0.2, 0) is 0 Å². The van der Waals surface area contributed by atoms with Gasteiger partial charge in [0, 0.05) is 0 Å². The molecule has 0 N–H and O–H groups in total. The molecule has 0 spiro atoms. The van der Waals surface area contributed by atoms with E-state index in [0.29, 0.717) is 0 Å². The van der Waals surface area contributed by atoms with E-state index in [4.69, 9.17) is 0 Å². The molecule has 1 fully saturated rings. The Morgan fingerprint density at radius 2 is 1.50 bits per heavy atom. The highest BCUT2D eigenvalue weighted by atomic mass is 14.2. The number of hydrogen-bond donors (Lipinski definition) is 0. The van der Waals surface area contributed by atoms with Crippen molar-refractivity contribution in [2.75, 3.05) is 0 Å². The Kier molecular flexibility index (Phi) is 5.59. The van der Waals surface area contributed by atoms with Crippen LogP contribution in [0, 0.1) is 17.8 Å². The summed E-state index contributed by atoms with van der Waals surface area (Å²) in [5.41, 5.74) is 0. The average molecular weight is 196 g/mol. The van der Waals surface area contributed by atoms with Gasteiger partial charge < -0.3 is 0 Å². The van der Waals surface area contributed by atoms with Crippen LogP contribution in [-0.4, -0.2) is 0 Å². The summed E-state index contributed by atoms with van der Waals surface area (Å²) in [6.45, 7) is 7.28. The van der Waals surface area contributed by atoms with Gasteiger partial charge in [0.2, 0.25) is 0 Å². The smallest absolute Gasteiger partial charge is 0.0391 e. The van der Waals surface area contributed by atoms with E-state index in [2.05, 4.69) is 20.8 Å². The van der Waals surface area contributed by atoms with Gasteiger partial charge in [0.1, 0.15) is 0 Å². The molecule has 0 amide bonds. The molecule has 0 radical (unpaired) electrons. The van der Waals surface area contributed by atoms with Crippen LogP contribution in [0.5, 0.6) is 0 Å². The van der Waals surface area contributed by atoms with Crippen molar-refractivity contribution in [3.63, 3.8) is 0 Å². The van der Waals surface area contributed by atoms with E-state index in [1.54, 1.807) is 0 Å². The quantitative estimate of drug-likeness (QED) is 0.552. The lowest BCUT2D eigenvalue weighted by Gasteiger charge is -2.25. The standard InChI is InChI=1S/C14H28/c1-4-14-11-6-5-8-12(2)9-7-10-13(14)3/h12-14H,4-11H2,1-3H3. The second-order valence-corrected chi connectivity index (χ2v) is 5.47. The third kappa shape index (κ3) is 4.02. The zero-order valence-electron chi connectivity index (χ0n) is 10.4. The van der Waals surface area contributed by atoms with Crippen LogP contribution >= 0.6 is 0 Å². The molecule has 84 valence electrons. The molecule has 1 aliphatic rings. The summed E-state index contributed by atoms with van der Waals surface area (Å²) in [6.07, 6.45) is 11.7. The van der Waals surface area contributed by atoms with E-state index >= 15 is 0 Å². The molecule has 0 heteroatoms. The van der Waals surface area contributed by atoms with Crippen molar-refractivity contribution in [3.8, 4) is 0 Å². The summed E-state index contributed by atoms with van der Waals surface area (Å²) < 4.78 is 0. The fourth-order valence-electron chi connectivity index (χ4n) is 2.96. The maximum Gasteiger partial charge on any atom is -0.0391 e. The van der Waals surface area contributed by atoms with E-state index in [9.17, 15) is 0 Å². The van der Waals surface area contributed by atoms with Crippen molar-refractivity contribution >= 4 is 0 Å². The van der Waals surface area contributed by atoms with Gasteiger partial charge in [-0.15, -0.1) is 0 Å². The second kappa shape index (κ2) is 6.48. The van der Waals surface area contributed by atoms with Gasteiger partial charge in [0.25, 0.3) is 0 Å². The highest BCUT2D eigenvalue weighted by Gasteiger charge is 2.16. The highest BCUT2D eigenvalue weighted by molar-refractivity contribution is 4.68. The Bertz CT molecular complexity index is 139. The Morgan fingerprint density at radius 1 is 0.857 bits per heavy atom. The number of rotatable bonds is 1. The molecule has 0 aliphatic heterocycles. The van der Waals surface area contributed by atoms with Crippen molar-refractivity contribution in [2.24, 2.45) is 17.8 Å². The van der Waals surface area contributed by atoms with Gasteiger partial charge in [0.15, 0.2) is 0 Å². The first-order valence-electron chi connectivity index (χ1n) is 6.74. The predicted octanol–water partition coefficient (Wildman–Crippen LogP) is 5.03. The number of hydrogen-bond acceptors (Lipinski definition) is 0. The minimum atomic E-state index is 0.977. The fraction of sp³-hybridized carbons (Fsp3) is 1.00. The van der Waals surface area contributed by atoms with Gasteiger partial charge in [-0.3, -0.25) is 0 Å². The average Bonchev–Trinajstić information content (AvgIpc) is 2.17. The summed E-state index contributed by atoms with van der Waals surface area (Å²) in [6, 6.07) is 0. The van der Waals surface area contributed by atoms with Gasteiger partial charge in [-0.25, -0.2) is 0 Å². The van der Waals surface area contributed by atoms with Crippen LogP contribution in [0.4, 0.5) is 0 Å². The van der Waals surface area contributed by atoms with Crippen molar-refractivity contribution < 1.29 is 0 Å². The first-order chi connectivity index (χ1) is 6.74. The molecular formula is C14H28. The van der Waals surface area contributed by atoms with Gasteiger partial charge >= 0.3 is 0 Å². The Morgan fingerprint density at radius 3 is 2.21 bits per heavy atom. The first-order valence-corrected chi connectivity index (χ1v) is 6.74. The maximum absolute atomic E-state index is 2.47. The third-order valence-electron chi connectivity index (χ3n) is 4.21. The maximum atomic E-state index is 2.47. The van der Waals surface area contributed by atoms with Crippen LogP contribution in [0.3, 0.4) is 0 Å². The molecule has 0 aromatic rings. The molecule has 0 nitrogen and oxygen atoms in total. The lowest BCUT2D eigenvalue weighted by Crippen LogP contribution is -2.13. The van der Waals surface area contributed by atoms with Crippen LogP contribution in [0.15, 0.2) is 0 Å². The minimum absolute atomic E-state index is 0.977. The molecule has 14 heavy (non-hydrogen) atoms. The van der Waals surface area contributed by atoms with Crippen molar-refractivity contribution in [2.45, 2.75) is 72.1 Å². The van der Waals surface area contributed by atoms with Crippen LogP contribution < -0.4 is 0 Å². The van der Waals surface area contributed by atoms with Crippen molar-refractivity contribution in [1.29, 1.82) is 0 Å². The predicted molar refractivity (Wildman–Crippen MR) is 64.4 cm³/mol. The van der Waals surface area contributed by atoms with E-state index in [-0.39, 0.29) is 0 Å². The molecule has 0 heterocycles. The third-order valence-corrected chi connectivity index (χ3v) is 4.21. The van der Waals surface area contributed by atoms with Gasteiger partial charge in [0.05, 0.1) is 0 Å². The Hall–Kier alpha value is 0. The summed E-state index contributed by atoms with van der Waals surface area (Å²) in [5, 5.41) is 0. The highest BCUT2D eigenvalue weighted by Crippen LogP contribution is 2.29. The summed E-state index contributed by atoms with van der Waals surface area (Å²) in [5.74, 6) is 2.98. The van der Waals surface area contributed by atoms with Crippen molar-refractivity contribution in [3.05, 3.63) is 0 Å². The molecule has 3 atom stereocenters. The molecule has 3 unspecified atom stereocenters. The van der Waals surface area contributed by atoms with Crippen LogP contribution in [0.1, 0.15) is 72.1 Å². The zero-order valence-corrected chi connectivity index (χ0v) is 10.4. The minimum Gasteiger partial charge on any atom is -0.0651 e. The molecule has 0 aromatic carbocycles. The topological polar surface area (TPSA) is 0 Å². The normalized spacial score (nSPS) is 36.6. The summed E-state index contributed by atoms with van der Waals surface area (Å²) in [7, 11) is 0. The van der Waals surface area contributed by atoms with E-state index in [0.717, 1.165) is 17.8 Å². The monoisotopic (exact) mass is 196 g/mol. The molecule has 0 aromatic heterocycles. The second-order valence-electron chi connectivity index (χ2n) is 5.47. The molecular weight excluding hydrogens is 168 g/mol. The largest absolute Gasteiger partial charge is 0.0651 e. The molecule has 1 saturated carbocycles. The lowest BCUT2D eigenvalue weighted by molar-refractivity contribution is 0.269. The van der Waals surface area contributed by atoms with Crippen molar-refractivity contribution in [1.82, 2.24) is 0 Å².